The van der Waals surface area contributed by atoms with Gasteiger partial charge in [0, 0.05) is 5.92 Å². The molecule has 3 nitrogen and oxygen atoms in total. The van der Waals surface area contributed by atoms with E-state index in [0.29, 0.717) is 11.8 Å². The first-order valence-electron chi connectivity index (χ1n) is 7.98. The van der Waals surface area contributed by atoms with Gasteiger partial charge in [-0.05, 0) is 43.0 Å². The van der Waals surface area contributed by atoms with Crippen molar-refractivity contribution in [3.8, 4) is 11.5 Å². The lowest BCUT2D eigenvalue weighted by molar-refractivity contribution is 0.155. The molecule has 3 unspecified atom stereocenters. The highest BCUT2D eigenvalue weighted by atomic mass is 31.2. The summed E-state index contributed by atoms with van der Waals surface area (Å²) in [4.78, 5) is 0. The number of hydrogen-bond acceptors (Lipinski definition) is 3. The topological polar surface area (TPSA) is 27.7 Å². The van der Waals surface area contributed by atoms with E-state index in [4.69, 9.17) is 13.6 Å². The van der Waals surface area contributed by atoms with E-state index in [2.05, 4.69) is 12.2 Å². The molecule has 4 heteroatoms. The van der Waals surface area contributed by atoms with Gasteiger partial charge >= 0.3 is 8.60 Å². The van der Waals surface area contributed by atoms with Crippen molar-refractivity contribution in [1.29, 1.82) is 0 Å². The third-order valence-electron chi connectivity index (χ3n) is 4.29. The summed E-state index contributed by atoms with van der Waals surface area (Å²) in [6.07, 6.45) is 7.05. The second-order valence-electron chi connectivity index (χ2n) is 5.96. The van der Waals surface area contributed by atoms with Crippen molar-refractivity contribution in [2.45, 2.75) is 18.9 Å². The minimum absolute atomic E-state index is 0.198. The van der Waals surface area contributed by atoms with Crippen molar-refractivity contribution >= 4 is 8.60 Å². The number of benzene rings is 2. The predicted molar refractivity (Wildman–Crippen MR) is 91.3 cm³/mol. The maximum Gasteiger partial charge on any atom is 0.463 e. The van der Waals surface area contributed by atoms with Crippen LogP contribution in [0, 0.1) is 11.8 Å². The van der Waals surface area contributed by atoms with Crippen LogP contribution < -0.4 is 9.05 Å². The van der Waals surface area contributed by atoms with Crippen molar-refractivity contribution in [1.82, 2.24) is 0 Å². The molecule has 1 fully saturated rings. The van der Waals surface area contributed by atoms with Gasteiger partial charge in [0.05, 0.1) is 6.10 Å². The number of fused-ring (bicyclic) bond motifs is 2. The Kier molecular flexibility index (Phi) is 4.32. The highest BCUT2D eigenvalue weighted by Gasteiger charge is 2.39. The first kappa shape index (κ1) is 14.7. The monoisotopic (exact) mass is 326 g/mol. The Balaban J connectivity index is 1.47. The van der Waals surface area contributed by atoms with Crippen LogP contribution in [0.1, 0.15) is 12.8 Å². The summed E-state index contributed by atoms with van der Waals surface area (Å²) in [6, 6.07) is 19.4. The summed E-state index contributed by atoms with van der Waals surface area (Å²) >= 11 is 0. The molecular formula is C19H19O3P. The Hall–Kier alpha value is -1.83. The molecule has 0 aliphatic heterocycles. The van der Waals surface area contributed by atoms with Crippen LogP contribution in [-0.4, -0.2) is 6.10 Å². The third-order valence-corrected chi connectivity index (χ3v) is 5.45. The first-order chi connectivity index (χ1) is 11.4. The number of hydrogen-bond donors (Lipinski definition) is 0. The Morgan fingerprint density at radius 2 is 1.35 bits per heavy atom. The lowest BCUT2D eigenvalue weighted by Crippen LogP contribution is -2.18. The normalized spacial score (nSPS) is 25.0. The minimum Gasteiger partial charge on any atom is -0.418 e. The quantitative estimate of drug-likeness (QED) is 0.529. The largest absolute Gasteiger partial charge is 0.463 e. The summed E-state index contributed by atoms with van der Waals surface area (Å²) in [5.41, 5.74) is 0. The molecule has 0 radical (unpaired) electrons. The van der Waals surface area contributed by atoms with Gasteiger partial charge in [0.25, 0.3) is 0 Å². The summed E-state index contributed by atoms with van der Waals surface area (Å²) in [5.74, 6) is 2.71. The summed E-state index contributed by atoms with van der Waals surface area (Å²) in [7, 11) is -1.47. The van der Waals surface area contributed by atoms with E-state index in [1.54, 1.807) is 0 Å². The van der Waals surface area contributed by atoms with E-state index in [-0.39, 0.29) is 6.10 Å². The molecule has 1 saturated carbocycles. The Morgan fingerprint density at radius 1 is 0.739 bits per heavy atom. The smallest absolute Gasteiger partial charge is 0.418 e. The molecular weight excluding hydrogens is 307 g/mol. The fraction of sp³-hybridized carbons (Fsp3) is 0.263. The molecule has 0 saturated heterocycles. The third kappa shape index (κ3) is 3.57. The average molecular weight is 326 g/mol. The second kappa shape index (κ2) is 6.74. The van der Waals surface area contributed by atoms with Gasteiger partial charge in [0.1, 0.15) is 11.5 Å². The maximum absolute atomic E-state index is 6.22. The predicted octanol–water partition coefficient (Wildman–Crippen LogP) is 5.35. The molecule has 2 bridgehead atoms. The minimum atomic E-state index is -1.47. The fourth-order valence-corrected chi connectivity index (χ4v) is 4.33. The van der Waals surface area contributed by atoms with Crippen molar-refractivity contribution in [3.63, 3.8) is 0 Å². The van der Waals surface area contributed by atoms with Crippen molar-refractivity contribution in [2.75, 3.05) is 0 Å². The SMILES string of the molecule is C1=CC2CC1CC2OP(Oc1ccccc1)Oc1ccccc1. The zero-order valence-electron chi connectivity index (χ0n) is 12.7. The molecule has 0 heterocycles. The van der Waals surface area contributed by atoms with E-state index in [9.17, 15) is 0 Å². The number of para-hydroxylation sites is 2. The van der Waals surface area contributed by atoms with Crippen LogP contribution in [0.4, 0.5) is 0 Å². The zero-order valence-corrected chi connectivity index (χ0v) is 13.6. The van der Waals surface area contributed by atoms with E-state index in [1.807, 2.05) is 60.7 Å². The van der Waals surface area contributed by atoms with E-state index in [0.717, 1.165) is 17.9 Å². The first-order valence-corrected chi connectivity index (χ1v) is 9.07. The average Bonchev–Trinajstić information content (AvgIpc) is 3.19. The number of allylic oxidation sites excluding steroid dienone is 1. The fourth-order valence-electron chi connectivity index (χ4n) is 3.16. The summed E-state index contributed by atoms with van der Waals surface area (Å²) in [6.45, 7) is 0. The molecule has 3 atom stereocenters. The lowest BCUT2D eigenvalue weighted by Gasteiger charge is -2.24. The van der Waals surface area contributed by atoms with Crippen molar-refractivity contribution in [2.24, 2.45) is 11.8 Å². The van der Waals surface area contributed by atoms with Gasteiger partial charge in [-0.3, -0.25) is 4.52 Å². The molecule has 0 amide bonds. The number of rotatable bonds is 6. The standard InChI is InChI=1S/C19H19O3P/c1-3-7-17(8-4-1)20-23(21-18-9-5-2-6-10-18)22-19-14-15-11-12-16(19)13-15/h1-12,15-16,19H,13-14H2. The molecule has 0 N–H and O–H groups in total. The van der Waals surface area contributed by atoms with Crippen LogP contribution in [0.2, 0.25) is 0 Å². The van der Waals surface area contributed by atoms with Gasteiger partial charge in [-0.2, -0.15) is 0 Å². The van der Waals surface area contributed by atoms with Gasteiger partial charge in [-0.1, -0.05) is 48.6 Å². The summed E-state index contributed by atoms with van der Waals surface area (Å²) in [5, 5.41) is 0. The van der Waals surface area contributed by atoms with Gasteiger partial charge in [-0.25, -0.2) is 0 Å². The van der Waals surface area contributed by atoms with Crippen LogP contribution in [0.25, 0.3) is 0 Å². The molecule has 0 spiro atoms. The van der Waals surface area contributed by atoms with Crippen LogP contribution in [0.3, 0.4) is 0 Å². The highest BCUT2D eigenvalue weighted by Crippen LogP contribution is 2.49. The molecule has 23 heavy (non-hydrogen) atoms. The van der Waals surface area contributed by atoms with Crippen molar-refractivity contribution in [3.05, 3.63) is 72.8 Å². The maximum atomic E-state index is 6.22. The van der Waals surface area contributed by atoms with Crippen molar-refractivity contribution < 1.29 is 13.6 Å². The van der Waals surface area contributed by atoms with Gasteiger partial charge < -0.3 is 9.05 Å². The highest BCUT2D eigenvalue weighted by molar-refractivity contribution is 7.42. The van der Waals surface area contributed by atoms with Gasteiger partial charge in [0.15, 0.2) is 0 Å². The van der Waals surface area contributed by atoms with E-state index < -0.39 is 8.60 Å². The zero-order chi connectivity index (χ0) is 15.5. The second-order valence-corrected chi connectivity index (χ2v) is 6.98. The molecule has 4 rings (SSSR count). The van der Waals surface area contributed by atoms with Crippen LogP contribution >= 0.6 is 8.60 Å². The Labute approximate surface area is 137 Å². The molecule has 118 valence electrons. The van der Waals surface area contributed by atoms with Gasteiger partial charge in [-0.15, -0.1) is 0 Å². The Bertz CT molecular complexity index is 617. The molecule has 2 aromatic carbocycles. The molecule has 2 aliphatic carbocycles. The van der Waals surface area contributed by atoms with Crippen LogP contribution in [0.15, 0.2) is 72.8 Å². The van der Waals surface area contributed by atoms with E-state index >= 15 is 0 Å². The van der Waals surface area contributed by atoms with Crippen LogP contribution in [0.5, 0.6) is 11.5 Å². The van der Waals surface area contributed by atoms with E-state index in [1.165, 1.54) is 6.42 Å². The summed E-state index contributed by atoms with van der Waals surface area (Å²) < 4.78 is 18.2. The van der Waals surface area contributed by atoms with Crippen LogP contribution in [-0.2, 0) is 4.52 Å². The van der Waals surface area contributed by atoms with Gasteiger partial charge in [0.2, 0.25) is 0 Å². The molecule has 2 aromatic rings. The lowest BCUT2D eigenvalue weighted by atomic mass is 10.1. The molecule has 0 aromatic heterocycles. The Morgan fingerprint density at radius 3 is 1.83 bits per heavy atom. The molecule has 2 aliphatic rings.